The Morgan fingerprint density at radius 3 is 2.85 bits per heavy atom. The number of aromatic amines is 1. The van der Waals surface area contributed by atoms with Crippen molar-refractivity contribution in [2.45, 2.75) is 25.4 Å². The Morgan fingerprint density at radius 2 is 2.12 bits per heavy atom. The van der Waals surface area contributed by atoms with Crippen LogP contribution in [0.15, 0.2) is 34.4 Å². The van der Waals surface area contributed by atoms with Gasteiger partial charge in [-0.2, -0.15) is 0 Å². The second-order valence-electron chi connectivity index (χ2n) is 6.38. The number of aromatic nitrogens is 2. The molecule has 0 radical (unpaired) electrons. The molecular formula is C19H21N3O3S. The zero-order valence-corrected chi connectivity index (χ0v) is 15.6. The molecule has 1 aliphatic heterocycles. The van der Waals surface area contributed by atoms with Crippen LogP contribution in [-0.2, 0) is 6.54 Å². The van der Waals surface area contributed by atoms with E-state index in [1.165, 1.54) is 4.88 Å². The van der Waals surface area contributed by atoms with Crippen LogP contribution in [0.4, 0.5) is 0 Å². The Labute approximate surface area is 155 Å². The third kappa shape index (κ3) is 3.08. The number of thiophene rings is 1. The van der Waals surface area contributed by atoms with Gasteiger partial charge in [0.1, 0.15) is 5.82 Å². The van der Waals surface area contributed by atoms with E-state index >= 15 is 0 Å². The standard InChI is InChI=1S/C19H21N3O3S/c1-24-15-9-12-13(10-16(15)25-2)20-18(21-19(12)23)11-22-7-3-5-14(22)17-6-4-8-26-17/h4,6,8-10,14H,3,5,7,11H2,1-2H3,(H,20,21,23)/t14-/m0/s1. The fourth-order valence-corrected chi connectivity index (χ4v) is 4.50. The van der Waals surface area contributed by atoms with Gasteiger partial charge in [-0.3, -0.25) is 9.69 Å². The summed E-state index contributed by atoms with van der Waals surface area (Å²) in [6, 6.07) is 8.11. The summed E-state index contributed by atoms with van der Waals surface area (Å²) in [5.41, 5.74) is 0.464. The average molecular weight is 371 g/mol. The molecule has 1 aromatic carbocycles. The molecule has 26 heavy (non-hydrogen) atoms. The molecule has 1 saturated heterocycles. The topological polar surface area (TPSA) is 67.5 Å². The highest BCUT2D eigenvalue weighted by Gasteiger charge is 2.27. The molecule has 2 aromatic heterocycles. The van der Waals surface area contributed by atoms with Crippen molar-refractivity contribution < 1.29 is 9.47 Å². The summed E-state index contributed by atoms with van der Waals surface area (Å²) in [5.74, 6) is 1.78. The van der Waals surface area contributed by atoms with E-state index in [9.17, 15) is 4.79 Å². The SMILES string of the molecule is COc1cc2nc(CN3CCC[C@H]3c3cccs3)[nH]c(=O)c2cc1OC. The van der Waals surface area contributed by atoms with Crippen LogP contribution < -0.4 is 15.0 Å². The quantitative estimate of drug-likeness (QED) is 0.745. The highest BCUT2D eigenvalue weighted by molar-refractivity contribution is 7.10. The largest absolute Gasteiger partial charge is 0.493 e. The number of fused-ring (bicyclic) bond motifs is 1. The van der Waals surface area contributed by atoms with Crippen LogP contribution in [0.1, 0.15) is 29.6 Å². The first-order chi connectivity index (χ1) is 12.7. The number of rotatable bonds is 5. The molecular weight excluding hydrogens is 350 g/mol. The van der Waals surface area contributed by atoms with E-state index < -0.39 is 0 Å². The van der Waals surface area contributed by atoms with Gasteiger partial charge in [0.25, 0.3) is 5.56 Å². The molecule has 0 bridgehead atoms. The van der Waals surface area contributed by atoms with Gasteiger partial charge < -0.3 is 14.5 Å². The Hall–Kier alpha value is -2.38. The lowest BCUT2D eigenvalue weighted by Crippen LogP contribution is -2.25. The first-order valence-electron chi connectivity index (χ1n) is 8.62. The minimum atomic E-state index is -0.155. The Morgan fingerprint density at radius 1 is 1.31 bits per heavy atom. The van der Waals surface area contributed by atoms with E-state index in [1.54, 1.807) is 37.7 Å². The van der Waals surface area contributed by atoms with Crippen molar-refractivity contribution in [3.05, 3.63) is 50.7 Å². The smallest absolute Gasteiger partial charge is 0.258 e. The number of methoxy groups -OCH3 is 2. The van der Waals surface area contributed by atoms with Crippen LogP contribution >= 0.6 is 11.3 Å². The van der Waals surface area contributed by atoms with E-state index in [1.807, 2.05) is 0 Å². The number of nitrogens with one attached hydrogen (secondary N) is 1. The molecule has 4 rings (SSSR count). The van der Waals surface area contributed by atoms with E-state index in [0.717, 1.165) is 19.4 Å². The number of nitrogens with zero attached hydrogens (tertiary/aromatic N) is 2. The zero-order valence-electron chi connectivity index (χ0n) is 14.8. The molecule has 0 aliphatic carbocycles. The summed E-state index contributed by atoms with van der Waals surface area (Å²) in [5, 5.41) is 2.62. The van der Waals surface area contributed by atoms with E-state index in [4.69, 9.17) is 9.47 Å². The number of hydrogen-bond acceptors (Lipinski definition) is 6. The van der Waals surface area contributed by atoms with Crippen LogP contribution in [0.5, 0.6) is 11.5 Å². The maximum absolute atomic E-state index is 12.5. The first-order valence-corrected chi connectivity index (χ1v) is 9.50. The fourth-order valence-electron chi connectivity index (χ4n) is 3.60. The molecule has 1 aliphatic rings. The van der Waals surface area contributed by atoms with Gasteiger partial charge in [-0.1, -0.05) is 6.07 Å². The summed E-state index contributed by atoms with van der Waals surface area (Å²) in [4.78, 5) is 23.9. The highest BCUT2D eigenvalue weighted by atomic mass is 32.1. The summed E-state index contributed by atoms with van der Waals surface area (Å²) in [6.45, 7) is 1.64. The molecule has 3 aromatic rings. The summed E-state index contributed by atoms with van der Waals surface area (Å²) < 4.78 is 10.6. The van der Waals surface area contributed by atoms with E-state index in [0.29, 0.717) is 40.8 Å². The van der Waals surface area contributed by atoms with Gasteiger partial charge >= 0.3 is 0 Å². The maximum atomic E-state index is 12.5. The molecule has 0 unspecified atom stereocenters. The molecule has 6 nitrogen and oxygen atoms in total. The van der Waals surface area contributed by atoms with Crippen LogP contribution in [0.25, 0.3) is 10.9 Å². The van der Waals surface area contributed by atoms with Crippen LogP contribution in [0.3, 0.4) is 0 Å². The Balaban J connectivity index is 1.67. The minimum absolute atomic E-state index is 0.155. The molecule has 3 heterocycles. The van der Waals surface area contributed by atoms with Gasteiger partial charge in [0, 0.05) is 17.0 Å². The van der Waals surface area contributed by atoms with Crippen LogP contribution in [0, 0.1) is 0 Å². The van der Waals surface area contributed by atoms with Crippen LogP contribution in [0.2, 0.25) is 0 Å². The summed E-state index contributed by atoms with van der Waals surface area (Å²) in [7, 11) is 3.13. The molecule has 1 fully saturated rings. The van der Waals surface area contributed by atoms with E-state index in [-0.39, 0.29) is 5.56 Å². The normalized spacial score (nSPS) is 17.7. The number of H-pyrrole nitrogens is 1. The monoisotopic (exact) mass is 371 g/mol. The first kappa shape index (κ1) is 17.1. The molecule has 0 spiro atoms. The number of ether oxygens (including phenoxy) is 2. The van der Waals surface area contributed by atoms with Crippen molar-refractivity contribution in [2.75, 3.05) is 20.8 Å². The Bertz CT molecular complexity index is 968. The second kappa shape index (κ2) is 7.09. The maximum Gasteiger partial charge on any atom is 0.258 e. The third-order valence-electron chi connectivity index (χ3n) is 4.85. The van der Waals surface area contributed by atoms with Gasteiger partial charge in [0.15, 0.2) is 11.5 Å². The summed E-state index contributed by atoms with van der Waals surface area (Å²) in [6.07, 6.45) is 2.30. The number of likely N-dealkylation sites (tertiary alicyclic amines) is 1. The third-order valence-corrected chi connectivity index (χ3v) is 5.82. The number of hydrogen-bond donors (Lipinski definition) is 1. The molecule has 1 atom stereocenters. The van der Waals surface area contributed by atoms with Crippen molar-refractivity contribution in [1.29, 1.82) is 0 Å². The van der Waals surface area contributed by atoms with Crippen molar-refractivity contribution in [3.63, 3.8) is 0 Å². The lowest BCUT2D eigenvalue weighted by atomic mass is 10.2. The fraction of sp³-hybridized carbons (Fsp3) is 0.368. The molecule has 0 amide bonds. The van der Waals surface area contributed by atoms with Crippen molar-refractivity contribution in [3.8, 4) is 11.5 Å². The summed E-state index contributed by atoms with van der Waals surface area (Å²) >= 11 is 1.78. The van der Waals surface area contributed by atoms with Crippen molar-refractivity contribution in [2.24, 2.45) is 0 Å². The predicted molar refractivity (Wildman–Crippen MR) is 102 cm³/mol. The van der Waals surface area contributed by atoms with Gasteiger partial charge in [-0.15, -0.1) is 11.3 Å². The van der Waals surface area contributed by atoms with E-state index in [2.05, 4.69) is 32.4 Å². The van der Waals surface area contributed by atoms with Gasteiger partial charge in [0.2, 0.25) is 0 Å². The van der Waals surface area contributed by atoms with Crippen molar-refractivity contribution in [1.82, 2.24) is 14.9 Å². The van der Waals surface area contributed by atoms with Crippen LogP contribution in [-0.4, -0.2) is 35.6 Å². The number of benzene rings is 1. The zero-order chi connectivity index (χ0) is 18.1. The average Bonchev–Trinajstić information content (AvgIpc) is 3.32. The lowest BCUT2D eigenvalue weighted by molar-refractivity contribution is 0.245. The van der Waals surface area contributed by atoms with Gasteiger partial charge in [-0.05, 0) is 36.9 Å². The minimum Gasteiger partial charge on any atom is -0.493 e. The molecule has 1 N–H and O–H groups in total. The van der Waals surface area contributed by atoms with Crippen molar-refractivity contribution >= 4 is 22.2 Å². The predicted octanol–water partition coefficient (Wildman–Crippen LogP) is 3.34. The molecule has 7 heteroatoms. The molecule has 136 valence electrons. The van der Waals surface area contributed by atoms with Gasteiger partial charge in [0.05, 0.1) is 31.7 Å². The lowest BCUT2D eigenvalue weighted by Gasteiger charge is -2.23. The van der Waals surface area contributed by atoms with Gasteiger partial charge in [-0.25, -0.2) is 4.98 Å². The Kier molecular flexibility index (Phi) is 4.65. The second-order valence-corrected chi connectivity index (χ2v) is 7.36. The molecule has 0 saturated carbocycles. The highest BCUT2D eigenvalue weighted by Crippen LogP contribution is 2.35.